The first-order valence-corrected chi connectivity index (χ1v) is 4.80. The van der Waals surface area contributed by atoms with Gasteiger partial charge in [-0.2, -0.15) is 0 Å². The molecule has 0 radical (unpaired) electrons. The maximum Gasteiger partial charge on any atom is 0.111 e. The van der Waals surface area contributed by atoms with E-state index in [0.29, 0.717) is 6.42 Å². The van der Waals surface area contributed by atoms with Crippen LogP contribution in [-0.2, 0) is 9.47 Å². The Morgan fingerprint density at radius 1 is 1.07 bits per heavy atom. The average Bonchev–Trinajstić information content (AvgIpc) is 2.19. The Bertz CT molecular complexity index is 171. The second-order valence-electron chi connectivity index (χ2n) is 3.55. The summed E-state index contributed by atoms with van der Waals surface area (Å²) in [5, 5.41) is 28.6. The van der Waals surface area contributed by atoms with Crippen molar-refractivity contribution in [3.05, 3.63) is 0 Å². The smallest absolute Gasteiger partial charge is 0.111 e. The minimum Gasteiger partial charge on any atom is -0.388 e. The Morgan fingerprint density at radius 3 is 2.14 bits per heavy atom. The molecule has 1 saturated heterocycles. The highest BCUT2D eigenvalue weighted by atomic mass is 16.6. The maximum absolute atomic E-state index is 9.54. The second kappa shape index (κ2) is 5.04. The summed E-state index contributed by atoms with van der Waals surface area (Å²) in [4.78, 5) is 0. The molecule has 0 spiro atoms. The highest BCUT2D eigenvalue weighted by Crippen LogP contribution is 2.23. The number of aliphatic hydroxyl groups excluding tert-OH is 3. The van der Waals surface area contributed by atoms with Crippen LogP contribution in [0, 0.1) is 0 Å². The molecule has 5 heteroatoms. The lowest BCUT2D eigenvalue weighted by atomic mass is 9.94. The molecule has 1 heterocycles. The van der Waals surface area contributed by atoms with Crippen molar-refractivity contribution in [2.75, 3.05) is 13.7 Å². The predicted molar refractivity (Wildman–Crippen MR) is 48.8 cm³/mol. The second-order valence-corrected chi connectivity index (χ2v) is 3.55. The van der Waals surface area contributed by atoms with Crippen LogP contribution in [0.25, 0.3) is 0 Å². The van der Waals surface area contributed by atoms with Crippen LogP contribution in [0.1, 0.15) is 13.3 Å². The molecule has 1 unspecified atom stereocenters. The SMILES string of the molecule is CCC1O[C@@H](COC)[C@H](O)[C@@H](O)[C@@H]1O. The molecule has 84 valence electrons. The highest BCUT2D eigenvalue weighted by Gasteiger charge is 2.42. The lowest BCUT2D eigenvalue weighted by molar-refractivity contribution is -0.231. The molecule has 14 heavy (non-hydrogen) atoms. The van der Waals surface area contributed by atoms with E-state index in [4.69, 9.17) is 9.47 Å². The first-order valence-electron chi connectivity index (χ1n) is 4.80. The van der Waals surface area contributed by atoms with Crippen molar-refractivity contribution in [3.63, 3.8) is 0 Å². The normalized spacial score (nSPS) is 43.9. The van der Waals surface area contributed by atoms with Crippen LogP contribution in [0.15, 0.2) is 0 Å². The molecule has 0 saturated carbocycles. The molecule has 5 nitrogen and oxygen atoms in total. The van der Waals surface area contributed by atoms with Gasteiger partial charge < -0.3 is 24.8 Å². The molecule has 0 aromatic rings. The summed E-state index contributed by atoms with van der Waals surface area (Å²) in [5.41, 5.74) is 0. The first-order chi connectivity index (χ1) is 6.61. The van der Waals surface area contributed by atoms with Gasteiger partial charge in [0.1, 0.15) is 24.4 Å². The Hall–Kier alpha value is -0.200. The van der Waals surface area contributed by atoms with Crippen molar-refractivity contribution in [3.8, 4) is 0 Å². The van der Waals surface area contributed by atoms with E-state index in [0.717, 1.165) is 0 Å². The molecular weight excluding hydrogens is 188 g/mol. The van der Waals surface area contributed by atoms with E-state index in [1.54, 1.807) is 0 Å². The van der Waals surface area contributed by atoms with Gasteiger partial charge in [-0.05, 0) is 6.42 Å². The van der Waals surface area contributed by atoms with E-state index < -0.39 is 30.5 Å². The van der Waals surface area contributed by atoms with Crippen molar-refractivity contribution in [2.45, 2.75) is 43.9 Å². The lowest BCUT2D eigenvalue weighted by Gasteiger charge is -2.40. The Labute approximate surface area is 83.3 Å². The van der Waals surface area contributed by atoms with Crippen LogP contribution in [0.5, 0.6) is 0 Å². The van der Waals surface area contributed by atoms with Gasteiger partial charge >= 0.3 is 0 Å². The quantitative estimate of drug-likeness (QED) is 0.546. The van der Waals surface area contributed by atoms with E-state index >= 15 is 0 Å². The fourth-order valence-corrected chi connectivity index (χ4v) is 1.67. The number of hydrogen-bond acceptors (Lipinski definition) is 5. The van der Waals surface area contributed by atoms with Crippen LogP contribution in [0.4, 0.5) is 0 Å². The molecular formula is C9H18O5. The molecule has 0 aromatic heterocycles. The Balaban J connectivity index is 2.63. The minimum atomic E-state index is -1.16. The molecule has 3 N–H and O–H groups in total. The summed E-state index contributed by atoms with van der Waals surface area (Å²) >= 11 is 0. The predicted octanol–water partition coefficient (Wildman–Crippen LogP) is -1.11. The van der Waals surface area contributed by atoms with Gasteiger partial charge in [0.25, 0.3) is 0 Å². The molecule has 0 amide bonds. The fraction of sp³-hybridized carbons (Fsp3) is 1.00. The molecule has 0 aliphatic carbocycles. The Morgan fingerprint density at radius 2 is 1.64 bits per heavy atom. The minimum absolute atomic E-state index is 0.210. The largest absolute Gasteiger partial charge is 0.388 e. The van der Waals surface area contributed by atoms with Gasteiger partial charge in [-0.15, -0.1) is 0 Å². The summed E-state index contributed by atoms with van der Waals surface area (Å²) in [7, 11) is 1.49. The van der Waals surface area contributed by atoms with Gasteiger partial charge in [0.15, 0.2) is 0 Å². The van der Waals surface area contributed by atoms with Gasteiger partial charge in [-0.3, -0.25) is 0 Å². The lowest BCUT2D eigenvalue weighted by Crippen LogP contribution is -2.58. The van der Waals surface area contributed by atoms with Crippen LogP contribution in [0.3, 0.4) is 0 Å². The van der Waals surface area contributed by atoms with Crippen LogP contribution in [0.2, 0.25) is 0 Å². The van der Waals surface area contributed by atoms with E-state index in [2.05, 4.69) is 0 Å². The van der Waals surface area contributed by atoms with Gasteiger partial charge in [0.2, 0.25) is 0 Å². The van der Waals surface area contributed by atoms with Crippen molar-refractivity contribution in [2.24, 2.45) is 0 Å². The summed E-state index contributed by atoms with van der Waals surface area (Å²) < 4.78 is 10.2. The monoisotopic (exact) mass is 206 g/mol. The molecule has 0 aromatic carbocycles. The van der Waals surface area contributed by atoms with Crippen molar-refractivity contribution >= 4 is 0 Å². The zero-order chi connectivity index (χ0) is 10.7. The summed E-state index contributed by atoms with van der Waals surface area (Å²) in [5.74, 6) is 0. The molecule has 1 rings (SSSR count). The average molecular weight is 206 g/mol. The van der Waals surface area contributed by atoms with Crippen molar-refractivity contribution < 1.29 is 24.8 Å². The number of ether oxygens (including phenoxy) is 2. The van der Waals surface area contributed by atoms with Gasteiger partial charge in [0.05, 0.1) is 12.7 Å². The van der Waals surface area contributed by atoms with Crippen molar-refractivity contribution in [1.82, 2.24) is 0 Å². The number of hydrogen-bond donors (Lipinski definition) is 3. The zero-order valence-corrected chi connectivity index (χ0v) is 8.46. The summed E-state index contributed by atoms with van der Waals surface area (Å²) in [6.07, 6.45) is -3.69. The standard InChI is InChI=1S/C9H18O5/c1-3-5-7(10)9(12)8(11)6(14-5)4-13-2/h5-12H,3-4H2,1-2H3/t5?,6-,7+,8-,9-/m0/s1. The zero-order valence-electron chi connectivity index (χ0n) is 8.46. The van der Waals surface area contributed by atoms with E-state index in [9.17, 15) is 15.3 Å². The number of rotatable bonds is 3. The third kappa shape index (κ3) is 2.24. The molecule has 0 bridgehead atoms. The fourth-order valence-electron chi connectivity index (χ4n) is 1.67. The van der Waals surface area contributed by atoms with Crippen LogP contribution in [-0.4, -0.2) is 59.6 Å². The van der Waals surface area contributed by atoms with Crippen molar-refractivity contribution in [1.29, 1.82) is 0 Å². The number of aliphatic hydroxyl groups is 3. The van der Waals surface area contributed by atoms with Gasteiger partial charge in [-0.25, -0.2) is 0 Å². The maximum atomic E-state index is 9.54. The number of methoxy groups -OCH3 is 1. The summed E-state index contributed by atoms with van der Waals surface area (Å²) in [6.45, 7) is 2.06. The highest BCUT2D eigenvalue weighted by molar-refractivity contribution is 4.91. The summed E-state index contributed by atoms with van der Waals surface area (Å²) in [6, 6.07) is 0. The van der Waals surface area contributed by atoms with Crippen LogP contribution >= 0.6 is 0 Å². The first kappa shape index (κ1) is 11.9. The molecule has 1 fully saturated rings. The van der Waals surface area contributed by atoms with E-state index in [1.165, 1.54) is 7.11 Å². The van der Waals surface area contributed by atoms with E-state index in [-0.39, 0.29) is 6.61 Å². The third-order valence-electron chi connectivity index (χ3n) is 2.54. The van der Waals surface area contributed by atoms with E-state index in [1.807, 2.05) is 6.92 Å². The molecule has 5 atom stereocenters. The third-order valence-corrected chi connectivity index (χ3v) is 2.54. The molecule has 1 aliphatic heterocycles. The van der Waals surface area contributed by atoms with Crippen LogP contribution < -0.4 is 0 Å². The molecule has 1 aliphatic rings. The van der Waals surface area contributed by atoms with Gasteiger partial charge in [0, 0.05) is 7.11 Å². The Kier molecular flexibility index (Phi) is 4.28. The topological polar surface area (TPSA) is 79.2 Å². The van der Waals surface area contributed by atoms with Gasteiger partial charge in [-0.1, -0.05) is 6.92 Å².